The number of rotatable bonds is 8. The van der Waals surface area contributed by atoms with Crippen molar-refractivity contribution in [3.8, 4) is 11.5 Å². The number of hydrogen-bond acceptors (Lipinski definition) is 5. The Kier molecular flexibility index (Phi) is 7.65. The third-order valence-corrected chi connectivity index (χ3v) is 4.29. The van der Waals surface area contributed by atoms with Crippen LogP contribution < -0.4 is 14.8 Å². The van der Waals surface area contributed by atoms with Gasteiger partial charge in [0.2, 0.25) is 0 Å². The summed E-state index contributed by atoms with van der Waals surface area (Å²) in [6, 6.07) is 13.2. The second-order valence-corrected chi connectivity index (χ2v) is 7.79. The molecule has 156 valence electrons. The standard InChI is InChI=1S/C23H29NO5/c1-16-6-11-20(27-5)19(14-16)24-21(25)15-29-22(26)12-13-28-18-9-7-17(8-10-18)23(2,3)4/h6-11,14H,12-13,15H2,1-5H3,(H,24,25). The fraction of sp³-hybridized carbons (Fsp3) is 0.391. The van der Waals surface area contributed by atoms with Crippen molar-refractivity contribution >= 4 is 17.6 Å². The van der Waals surface area contributed by atoms with Gasteiger partial charge < -0.3 is 19.5 Å². The van der Waals surface area contributed by atoms with Crippen molar-refractivity contribution < 1.29 is 23.8 Å². The summed E-state index contributed by atoms with van der Waals surface area (Å²) in [6.07, 6.45) is 0.0576. The van der Waals surface area contributed by atoms with Crippen molar-refractivity contribution in [2.24, 2.45) is 0 Å². The smallest absolute Gasteiger partial charge is 0.309 e. The highest BCUT2D eigenvalue weighted by molar-refractivity contribution is 5.94. The predicted molar refractivity (Wildman–Crippen MR) is 113 cm³/mol. The molecular weight excluding hydrogens is 370 g/mol. The molecule has 0 fully saturated rings. The highest BCUT2D eigenvalue weighted by Crippen LogP contribution is 2.25. The van der Waals surface area contributed by atoms with E-state index in [4.69, 9.17) is 14.2 Å². The normalized spacial score (nSPS) is 10.9. The van der Waals surface area contributed by atoms with Gasteiger partial charge in [0.1, 0.15) is 11.5 Å². The van der Waals surface area contributed by atoms with Crippen molar-refractivity contribution in [3.63, 3.8) is 0 Å². The molecule has 0 bridgehead atoms. The lowest BCUT2D eigenvalue weighted by Crippen LogP contribution is -2.22. The summed E-state index contributed by atoms with van der Waals surface area (Å²) < 4.78 is 15.8. The molecule has 0 atom stereocenters. The first kappa shape index (κ1) is 22.3. The van der Waals surface area contributed by atoms with Gasteiger partial charge in [-0.15, -0.1) is 0 Å². The van der Waals surface area contributed by atoms with Crippen LogP contribution in [-0.2, 0) is 19.7 Å². The quantitative estimate of drug-likeness (QED) is 0.672. The molecule has 6 nitrogen and oxygen atoms in total. The van der Waals surface area contributed by atoms with Crippen molar-refractivity contribution in [3.05, 3.63) is 53.6 Å². The number of hydrogen-bond donors (Lipinski definition) is 1. The fourth-order valence-electron chi connectivity index (χ4n) is 2.63. The molecular formula is C23H29NO5. The number of amides is 1. The van der Waals surface area contributed by atoms with Gasteiger partial charge in [-0.3, -0.25) is 9.59 Å². The van der Waals surface area contributed by atoms with Gasteiger partial charge >= 0.3 is 5.97 Å². The number of carbonyl (C=O) groups excluding carboxylic acids is 2. The van der Waals surface area contributed by atoms with Gasteiger partial charge in [-0.2, -0.15) is 0 Å². The SMILES string of the molecule is COc1ccc(C)cc1NC(=O)COC(=O)CCOc1ccc(C(C)(C)C)cc1. The number of ether oxygens (including phenoxy) is 3. The first-order chi connectivity index (χ1) is 13.7. The van der Waals surface area contributed by atoms with Crippen LogP contribution in [0.15, 0.2) is 42.5 Å². The Morgan fingerprint density at radius 1 is 1.03 bits per heavy atom. The molecule has 0 aliphatic rings. The number of methoxy groups -OCH3 is 1. The average Bonchev–Trinajstić information content (AvgIpc) is 2.66. The molecule has 1 N–H and O–H groups in total. The summed E-state index contributed by atoms with van der Waals surface area (Å²) in [7, 11) is 1.52. The third-order valence-electron chi connectivity index (χ3n) is 4.29. The maximum absolute atomic E-state index is 12.0. The fourth-order valence-corrected chi connectivity index (χ4v) is 2.63. The van der Waals surface area contributed by atoms with Gasteiger partial charge in [-0.25, -0.2) is 0 Å². The Balaban J connectivity index is 1.73. The Hall–Kier alpha value is -3.02. The molecule has 0 saturated heterocycles. The summed E-state index contributed by atoms with van der Waals surface area (Å²) in [5, 5.41) is 2.68. The zero-order chi connectivity index (χ0) is 21.4. The first-order valence-corrected chi connectivity index (χ1v) is 9.52. The molecule has 0 unspecified atom stereocenters. The zero-order valence-corrected chi connectivity index (χ0v) is 17.7. The van der Waals surface area contributed by atoms with E-state index < -0.39 is 11.9 Å². The minimum absolute atomic E-state index is 0.0576. The monoisotopic (exact) mass is 399 g/mol. The summed E-state index contributed by atoms with van der Waals surface area (Å²) in [5.41, 5.74) is 2.80. The zero-order valence-electron chi connectivity index (χ0n) is 17.7. The van der Waals surface area contributed by atoms with E-state index in [1.807, 2.05) is 37.3 Å². The van der Waals surface area contributed by atoms with Gasteiger partial charge in [0.15, 0.2) is 6.61 Å². The first-order valence-electron chi connectivity index (χ1n) is 9.52. The van der Waals surface area contributed by atoms with Crippen molar-refractivity contribution in [2.75, 3.05) is 25.6 Å². The molecule has 29 heavy (non-hydrogen) atoms. The van der Waals surface area contributed by atoms with Gasteiger partial charge in [-0.05, 0) is 47.7 Å². The number of aryl methyl sites for hydroxylation is 1. The lowest BCUT2D eigenvalue weighted by atomic mass is 9.87. The van der Waals surface area contributed by atoms with Crippen LogP contribution in [0.4, 0.5) is 5.69 Å². The predicted octanol–water partition coefficient (Wildman–Crippen LogP) is 4.25. The van der Waals surface area contributed by atoms with Crippen LogP contribution in [0.2, 0.25) is 0 Å². The number of benzene rings is 2. The Labute approximate surface area is 172 Å². The van der Waals surface area contributed by atoms with E-state index in [-0.39, 0.29) is 25.0 Å². The maximum atomic E-state index is 12.0. The van der Waals surface area contributed by atoms with E-state index >= 15 is 0 Å². The lowest BCUT2D eigenvalue weighted by Gasteiger charge is -2.19. The van der Waals surface area contributed by atoms with Crippen LogP contribution in [0.5, 0.6) is 11.5 Å². The minimum atomic E-state index is -0.498. The molecule has 2 aromatic rings. The minimum Gasteiger partial charge on any atom is -0.495 e. The summed E-state index contributed by atoms with van der Waals surface area (Å²) in [4.78, 5) is 23.9. The molecule has 0 spiro atoms. The molecule has 0 aliphatic heterocycles. The molecule has 2 aromatic carbocycles. The van der Waals surface area contributed by atoms with Gasteiger partial charge in [0, 0.05) is 0 Å². The number of nitrogens with one attached hydrogen (secondary N) is 1. The molecule has 6 heteroatoms. The van der Waals surface area contributed by atoms with Crippen LogP contribution in [0.1, 0.15) is 38.3 Å². The van der Waals surface area contributed by atoms with Gasteiger partial charge in [0.05, 0.1) is 25.8 Å². The number of esters is 1. The molecule has 1 amide bonds. The van der Waals surface area contributed by atoms with Crippen molar-refractivity contribution in [1.82, 2.24) is 0 Å². The van der Waals surface area contributed by atoms with Gasteiger partial charge in [-0.1, -0.05) is 39.0 Å². The lowest BCUT2D eigenvalue weighted by molar-refractivity contribution is -0.147. The molecule has 0 radical (unpaired) electrons. The molecule has 2 rings (SSSR count). The van der Waals surface area contributed by atoms with Crippen molar-refractivity contribution in [1.29, 1.82) is 0 Å². The average molecular weight is 399 g/mol. The molecule has 0 saturated carbocycles. The topological polar surface area (TPSA) is 73.9 Å². The Morgan fingerprint density at radius 3 is 2.34 bits per heavy atom. The maximum Gasteiger partial charge on any atom is 0.309 e. The summed E-state index contributed by atoms with van der Waals surface area (Å²) >= 11 is 0. The molecule has 0 aromatic heterocycles. The highest BCUT2D eigenvalue weighted by Gasteiger charge is 2.14. The van der Waals surface area contributed by atoms with E-state index in [1.54, 1.807) is 12.1 Å². The summed E-state index contributed by atoms with van der Waals surface area (Å²) in [5.74, 6) is 0.305. The third kappa shape index (κ3) is 7.14. The van der Waals surface area contributed by atoms with E-state index in [0.717, 1.165) is 5.56 Å². The number of anilines is 1. The van der Waals surface area contributed by atoms with Gasteiger partial charge in [0.25, 0.3) is 5.91 Å². The van der Waals surface area contributed by atoms with E-state index in [9.17, 15) is 9.59 Å². The second-order valence-electron chi connectivity index (χ2n) is 7.79. The van der Waals surface area contributed by atoms with Crippen LogP contribution in [-0.4, -0.2) is 32.2 Å². The Morgan fingerprint density at radius 2 is 1.72 bits per heavy atom. The largest absolute Gasteiger partial charge is 0.495 e. The van der Waals surface area contributed by atoms with Crippen LogP contribution in [0.25, 0.3) is 0 Å². The highest BCUT2D eigenvalue weighted by atomic mass is 16.5. The van der Waals surface area contributed by atoms with Crippen molar-refractivity contribution in [2.45, 2.75) is 39.5 Å². The van der Waals surface area contributed by atoms with E-state index in [2.05, 4.69) is 26.1 Å². The number of carbonyl (C=O) groups is 2. The van der Waals surface area contributed by atoms with E-state index in [1.165, 1.54) is 12.7 Å². The molecule has 0 aliphatic carbocycles. The van der Waals surface area contributed by atoms with E-state index in [0.29, 0.717) is 17.2 Å². The van der Waals surface area contributed by atoms with Crippen LogP contribution in [0, 0.1) is 6.92 Å². The van der Waals surface area contributed by atoms with Crippen LogP contribution in [0.3, 0.4) is 0 Å². The summed E-state index contributed by atoms with van der Waals surface area (Å²) in [6.45, 7) is 8.15. The molecule has 0 heterocycles. The Bertz CT molecular complexity index is 837. The second kappa shape index (κ2) is 9.96. The van der Waals surface area contributed by atoms with Crippen LogP contribution >= 0.6 is 0 Å².